The molecule has 1 atom stereocenters. The molecule has 1 aliphatic rings. The Kier molecular flexibility index (Phi) is 4.64. The van der Waals surface area contributed by atoms with Crippen LogP contribution in [-0.4, -0.2) is 47.0 Å². The maximum absolute atomic E-state index is 11.7. The number of nitrogens with one attached hydrogen (secondary N) is 1. The van der Waals surface area contributed by atoms with Crippen LogP contribution in [0, 0.1) is 5.92 Å². The zero-order valence-corrected chi connectivity index (χ0v) is 10.8. The van der Waals surface area contributed by atoms with Gasteiger partial charge in [-0.2, -0.15) is 0 Å². The summed E-state index contributed by atoms with van der Waals surface area (Å²) in [6.45, 7) is 6.15. The maximum atomic E-state index is 11.7. The summed E-state index contributed by atoms with van der Waals surface area (Å²) in [5.41, 5.74) is 0.379. The summed E-state index contributed by atoms with van der Waals surface area (Å²) in [6, 6.07) is 0. The number of likely N-dealkylation sites (tertiary alicyclic amines) is 1. The highest BCUT2D eigenvalue weighted by Gasteiger charge is 2.15. The Morgan fingerprint density at radius 1 is 1.56 bits per heavy atom. The summed E-state index contributed by atoms with van der Waals surface area (Å²) in [4.78, 5) is 22.0. The van der Waals surface area contributed by atoms with Crippen LogP contribution in [-0.2, 0) is 0 Å². The molecule has 18 heavy (non-hydrogen) atoms. The van der Waals surface area contributed by atoms with Crippen molar-refractivity contribution < 1.29 is 4.79 Å². The number of rotatable bonds is 4. The van der Waals surface area contributed by atoms with E-state index in [1.807, 2.05) is 0 Å². The predicted octanol–water partition coefficient (Wildman–Crippen LogP) is 0.938. The van der Waals surface area contributed by atoms with Crippen molar-refractivity contribution in [1.82, 2.24) is 20.2 Å². The second-order valence-corrected chi connectivity index (χ2v) is 4.89. The Hall–Kier alpha value is -1.49. The highest BCUT2D eigenvalue weighted by atomic mass is 16.1. The SMILES string of the molecule is CC1CCCN(CCNC(=O)c2cnccn2)C1. The second kappa shape index (κ2) is 6.44. The molecule has 1 unspecified atom stereocenters. The molecule has 1 aliphatic heterocycles. The van der Waals surface area contributed by atoms with Crippen molar-refractivity contribution in [3.8, 4) is 0 Å². The number of hydrogen-bond donors (Lipinski definition) is 1. The van der Waals surface area contributed by atoms with Crippen molar-refractivity contribution in [2.75, 3.05) is 26.2 Å². The van der Waals surface area contributed by atoms with Crippen molar-refractivity contribution in [2.24, 2.45) is 5.92 Å². The van der Waals surface area contributed by atoms with Gasteiger partial charge in [-0.25, -0.2) is 4.98 Å². The highest BCUT2D eigenvalue weighted by molar-refractivity contribution is 5.91. The van der Waals surface area contributed by atoms with E-state index in [1.54, 1.807) is 6.20 Å². The lowest BCUT2D eigenvalue weighted by molar-refractivity contribution is 0.0938. The number of carbonyl (C=O) groups is 1. The quantitative estimate of drug-likeness (QED) is 0.861. The molecule has 1 aromatic rings. The average molecular weight is 248 g/mol. The normalized spacial score (nSPS) is 20.6. The van der Waals surface area contributed by atoms with Gasteiger partial charge in [-0.1, -0.05) is 6.92 Å². The fourth-order valence-corrected chi connectivity index (χ4v) is 2.32. The molecule has 1 fully saturated rings. The first-order chi connectivity index (χ1) is 8.75. The van der Waals surface area contributed by atoms with Crippen molar-refractivity contribution in [3.63, 3.8) is 0 Å². The number of carbonyl (C=O) groups excluding carboxylic acids is 1. The summed E-state index contributed by atoms with van der Waals surface area (Å²) in [5.74, 6) is 0.627. The molecule has 5 heteroatoms. The Balaban J connectivity index is 1.70. The van der Waals surface area contributed by atoms with E-state index in [4.69, 9.17) is 0 Å². The summed E-state index contributed by atoms with van der Waals surface area (Å²) < 4.78 is 0. The topological polar surface area (TPSA) is 58.1 Å². The average Bonchev–Trinajstić information content (AvgIpc) is 2.40. The van der Waals surface area contributed by atoms with E-state index < -0.39 is 0 Å². The van der Waals surface area contributed by atoms with Crippen LogP contribution in [0.15, 0.2) is 18.6 Å². The molecule has 0 spiro atoms. The van der Waals surface area contributed by atoms with Crippen LogP contribution >= 0.6 is 0 Å². The molecule has 1 amide bonds. The molecule has 1 N–H and O–H groups in total. The lowest BCUT2D eigenvalue weighted by atomic mass is 10.0. The van der Waals surface area contributed by atoms with Gasteiger partial charge in [-0.05, 0) is 25.3 Å². The summed E-state index contributed by atoms with van der Waals surface area (Å²) >= 11 is 0. The van der Waals surface area contributed by atoms with Gasteiger partial charge in [0.25, 0.3) is 5.91 Å². The number of hydrogen-bond acceptors (Lipinski definition) is 4. The zero-order chi connectivity index (χ0) is 12.8. The Morgan fingerprint density at radius 2 is 2.44 bits per heavy atom. The minimum absolute atomic E-state index is 0.145. The van der Waals surface area contributed by atoms with Crippen molar-refractivity contribution >= 4 is 5.91 Å². The van der Waals surface area contributed by atoms with E-state index in [2.05, 4.69) is 27.1 Å². The monoisotopic (exact) mass is 248 g/mol. The largest absolute Gasteiger partial charge is 0.349 e. The van der Waals surface area contributed by atoms with Crippen LogP contribution < -0.4 is 5.32 Å². The molecule has 0 aromatic carbocycles. The van der Waals surface area contributed by atoms with Gasteiger partial charge in [-0.15, -0.1) is 0 Å². The third kappa shape index (κ3) is 3.77. The van der Waals surface area contributed by atoms with E-state index in [0.29, 0.717) is 12.2 Å². The molecular formula is C13H20N4O. The minimum atomic E-state index is -0.145. The number of piperidine rings is 1. The van der Waals surface area contributed by atoms with Crippen LogP contribution in [0.25, 0.3) is 0 Å². The van der Waals surface area contributed by atoms with Crippen LogP contribution in [0.1, 0.15) is 30.3 Å². The Bertz CT molecular complexity index is 382. The van der Waals surface area contributed by atoms with E-state index in [0.717, 1.165) is 25.6 Å². The molecule has 0 aliphatic carbocycles. The summed E-state index contributed by atoms with van der Waals surface area (Å²) in [5, 5.41) is 2.88. The van der Waals surface area contributed by atoms with Crippen LogP contribution in [0.5, 0.6) is 0 Å². The molecule has 1 aromatic heterocycles. The van der Waals surface area contributed by atoms with Gasteiger partial charge in [0.15, 0.2) is 0 Å². The van der Waals surface area contributed by atoms with Crippen molar-refractivity contribution in [3.05, 3.63) is 24.3 Å². The third-order valence-electron chi connectivity index (χ3n) is 3.25. The first-order valence-corrected chi connectivity index (χ1v) is 6.52. The minimum Gasteiger partial charge on any atom is -0.349 e. The smallest absolute Gasteiger partial charge is 0.271 e. The van der Waals surface area contributed by atoms with E-state index in [-0.39, 0.29) is 5.91 Å². The van der Waals surface area contributed by atoms with E-state index in [9.17, 15) is 4.79 Å². The molecule has 2 heterocycles. The van der Waals surface area contributed by atoms with E-state index in [1.165, 1.54) is 25.2 Å². The lowest BCUT2D eigenvalue weighted by Crippen LogP contribution is -2.40. The first kappa shape index (κ1) is 13.0. The van der Waals surface area contributed by atoms with Gasteiger partial charge in [0.2, 0.25) is 0 Å². The highest BCUT2D eigenvalue weighted by Crippen LogP contribution is 2.14. The van der Waals surface area contributed by atoms with Crippen molar-refractivity contribution in [2.45, 2.75) is 19.8 Å². The molecule has 5 nitrogen and oxygen atoms in total. The maximum Gasteiger partial charge on any atom is 0.271 e. The fraction of sp³-hybridized carbons (Fsp3) is 0.615. The van der Waals surface area contributed by atoms with Gasteiger partial charge < -0.3 is 10.2 Å². The summed E-state index contributed by atoms with van der Waals surface area (Å²) in [7, 11) is 0. The first-order valence-electron chi connectivity index (χ1n) is 6.52. The molecule has 2 rings (SSSR count). The van der Waals surface area contributed by atoms with Gasteiger partial charge >= 0.3 is 0 Å². The third-order valence-corrected chi connectivity index (χ3v) is 3.25. The summed E-state index contributed by atoms with van der Waals surface area (Å²) in [6.07, 6.45) is 7.16. The molecule has 1 saturated heterocycles. The van der Waals surface area contributed by atoms with Crippen LogP contribution in [0.4, 0.5) is 0 Å². The van der Waals surface area contributed by atoms with Crippen LogP contribution in [0.2, 0.25) is 0 Å². The standard InChI is InChI=1S/C13H20N4O/c1-11-3-2-7-17(10-11)8-6-16-13(18)12-9-14-4-5-15-12/h4-5,9,11H,2-3,6-8,10H2,1H3,(H,16,18). The number of amides is 1. The lowest BCUT2D eigenvalue weighted by Gasteiger charge is -2.30. The Labute approximate surface area is 108 Å². The Morgan fingerprint density at radius 3 is 3.17 bits per heavy atom. The molecule has 0 saturated carbocycles. The molecule has 0 radical (unpaired) electrons. The zero-order valence-electron chi connectivity index (χ0n) is 10.8. The predicted molar refractivity (Wildman–Crippen MR) is 69.2 cm³/mol. The number of aromatic nitrogens is 2. The fourth-order valence-electron chi connectivity index (χ4n) is 2.32. The number of nitrogens with zero attached hydrogens (tertiary/aromatic N) is 3. The van der Waals surface area contributed by atoms with Crippen molar-refractivity contribution in [1.29, 1.82) is 0 Å². The molecule has 98 valence electrons. The molecular weight excluding hydrogens is 228 g/mol. The van der Waals surface area contributed by atoms with Gasteiger partial charge in [0, 0.05) is 32.0 Å². The van der Waals surface area contributed by atoms with Gasteiger partial charge in [0.1, 0.15) is 5.69 Å². The second-order valence-electron chi connectivity index (χ2n) is 4.89. The van der Waals surface area contributed by atoms with Gasteiger partial charge in [-0.3, -0.25) is 9.78 Å². The van der Waals surface area contributed by atoms with Gasteiger partial charge in [0.05, 0.1) is 6.20 Å². The van der Waals surface area contributed by atoms with Crippen LogP contribution in [0.3, 0.4) is 0 Å². The van der Waals surface area contributed by atoms with E-state index >= 15 is 0 Å². The molecule has 0 bridgehead atoms.